The van der Waals surface area contributed by atoms with Crippen molar-refractivity contribution in [1.29, 1.82) is 0 Å². The van der Waals surface area contributed by atoms with Gasteiger partial charge in [-0.3, -0.25) is 9.59 Å². The number of carbonyl (C=O) groups excluding carboxylic acids is 2. The third-order valence-electron chi connectivity index (χ3n) is 10.5. The lowest BCUT2D eigenvalue weighted by Crippen LogP contribution is -2.59. The molecule has 0 bridgehead atoms. The zero-order chi connectivity index (χ0) is 38.8. The van der Waals surface area contributed by atoms with Gasteiger partial charge in [0, 0.05) is 12.8 Å². The van der Waals surface area contributed by atoms with E-state index in [4.69, 9.17) is 18.9 Å². The highest BCUT2D eigenvalue weighted by atomic mass is 16.7. The monoisotopic (exact) mass is 759 g/mol. The van der Waals surface area contributed by atoms with Crippen molar-refractivity contribution in [2.45, 2.75) is 243 Å². The van der Waals surface area contributed by atoms with Crippen LogP contribution < -0.4 is 0 Å². The fraction of sp³-hybridized carbons (Fsp3) is 0.953. The maximum Gasteiger partial charge on any atom is 0.306 e. The molecule has 1 saturated heterocycles. The first-order valence-corrected chi connectivity index (χ1v) is 22.1. The van der Waals surface area contributed by atoms with Gasteiger partial charge in [-0.1, -0.05) is 181 Å². The smallest absolute Gasteiger partial charge is 0.306 e. The molecular weight excluding hydrogens is 676 g/mol. The highest BCUT2D eigenvalue weighted by Crippen LogP contribution is 2.23. The van der Waals surface area contributed by atoms with E-state index in [1.165, 1.54) is 135 Å². The summed E-state index contributed by atoms with van der Waals surface area (Å²) < 4.78 is 22.1. The van der Waals surface area contributed by atoms with Crippen LogP contribution in [0.5, 0.6) is 0 Å². The number of hydrogen-bond donors (Lipinski definition) is 4. The van der Waals surface area contributed by atoms with Crippen LogP contribution in [0.1, 0.15) is 206 Å². The molecular formula is C43H82O10. The third-order valence-corrected chi connectivity index (χ3v) is 10.5. The van der Waals surface area contributed by atoms with Gasteiger partial charge in [0.1, 0.15) is 31.0 Å². The molecule has 4 N–H and O–H groups in total. The topological polar surface area (TPSA) is 152 Å². The maximum atomic E-state index is 12.7. The summed E-state index contributed by atoms with van der Waals surface area (Å²) in [5, 5.41) is 39.9. The van der Waals surface area contributed by atoms with Crippen LogP contribution in [-0.2, 0) is 28.5 Å². The van der Waals surface area contributed by atoms with Crippen molar-refractivity contribution in [3.63, 3.8) is 0 Å². The molecule has 6 atom stereocenters. The lowest BCUT2D eigenvalue weighted by atomic mass is 9.99. The fourth-order valence-corrected chi connectivity index (χ4v) is 6.95. The highest BCUT2D eigenvalue weighted by molar-refractivity contribution is 5.70. The average Bonchev–Trinajstić information content (AvgIpc) is 3.15. The minimum atomic E-state index is -1.59. The predicted octanol–water partition coefficient (Wildman–Crippen LogP) is 9.00. The normalized spacial score (nSPS) is 20.8. The van der Waals surface area contributed by atoms with Crippen LogP contribution in [0.25, 0.3) is 0 Å². The number of esters is 2. The summed E-state index contributed by atoms with van der Waals surface area (Å²) in [5.41, 5.74) is 0. The lowest BCUT2D eigenvalue weighted by Gasteiger charge is -2.39. The van der Waals surface area contributed by atoms with E-state index < -0.39 is 49.4 Å². The first-order valence-electron chi connectivity index (χ1n) is 22.1. The molecule has 6 unspecified atom stereocenters. The molecule has 0 aromatic carbocycles. The number of rotatable bonds is 37. The zero-order valence-electron chi connectivity index (χ0n) is 34.0. The molecule has 0 aromatic rings. The molecule has 1 rings (SSSR count). The van der Waals surface area contributed by atoms with Crippen LogP contribution in [0.15, 0.2) is 0 Å². The standard InChI is InChI=1S/C43H82O10/c1-3-5-7-9-11-13-14-15-16-17-18-19-20-21-22-23-24-26-28-30-32-39(46)52-36(34-50-38(45)31-29-27-25-12-10-8-6-4-2)35-51-43-42(49)41(48)40(47)37(33-44)53-43/h36-37,40-44,47-49H,3-35H2,1-2H3. The lowest BCUT2D eigenvalue weighted by molar-refractivity contribution is -0.305. The molecule has 0 aromatic heterocycles. The first kappa shape index (κ1) is 49.7. The van der Waals surface area contributed by atoms with Crippen LogP contribution in [0.2, 0.25) is 0 Å². The predicted molar refractivity (Wildman–Crippen MR) is 210 cm³/mol. The van der Waals surface area contributed by atoms with Gasteiger partial charge in [0.25, 0.3) is 0 Å². The summed E-state index contributed by atoms with van der Waals surface area (Å²) in [6.45, 7) is 3.41. The van der Waals surface area contributed by atoms with Crippen molar-refractivity contribution >= 4 is 11.9 Å². The number of aliphatic hydroxyl groups excluding tert-OH is 4. The molecule has 0 saturated carbocycles. The van der Waals surface area contributed by atoms with E-state index in [0.717, 1.165) is 38.5 Å². The number of carbonyl (C=O) groups is 2. The van der Waals surface area contributed by atoms with E-state index in [-0.39, 0.29) is 32.0 Å². The molecule has 1 fully saturated rings. The van der Waals surface area contributed by atoms with Crippen molar-refractivity contribution < 1.29 is 49.0 Å². The van der Waals surface area contributed by atoms with E-state index in [1.807, 2.05) is 0 Å². The number of aliphatic hydroxyl groups is 4. The third kappa shape index (κ3) is 27.0. The Balaban J connectivity index is 2.25. The summed E-state index contributed by atoms with van der Waals surface area (Å²) in [7, 11) is 0. The van der Waals surface area contributed by atoms with Gasteiger partial charge in [0.15, 0.2) is 12.4 Å². The molecule has 10 nitrogen and oxygen atoms in total. The number of unbranched alkanes of at least 4 members (excludes halogenated alkanes) is 26. The molecule has 314 valence electrons. The molecule has 0 radical (unpaired) electrons. The molecule has 0 amide bonds. The Morgan fingerprint density at radius 3 is 1.28 bits per heavy atom. The van der Waals surface area contributed by atoms with E-state index >= 15 is 0 Å². The van der Waals surface area contributed by atoms with Gasteiger partial charge in [0.05, 0.1) is 13.2 Å². The summed E-state index contributed by atoms with van der Waals surface area (Å²) >= 11 is 0. The van der Waals surface area contributed by atoms with Gasteiger partial charge in [0.2, 0.25) is 0 Å². The first-order chi connectivity index (χ1) is 25.8. The number of hydrogen-bond acceptors (Lipinski definition) is 10. The Morgan fingerprint density at radius 1 is 0.509 bits per heavy atom. The molecule has 1 aliphatic rings. The van der Waals surface area contributed by atoms with Gasteiger partial charge in [-0.2, -0.15) is 0 Å². The summed E-state index contributed by atoms with van der Waals surface area (Å²) in [6.07, 6.45) is 27.0. The largest absolute Gasteiger partial charge is 0.462 e. The summed E-state index contributed by atoms with van der Waals surface area (Å²) in [6, 6.07) is 0. The van der Waals surface area contributed by atoms with Gasteiger partial charge >= 0.3 is 11.9 Å². The molecule has 0 aliphatic carbocycles. The van der Waals surface area contributed by atoms with Crippen LogP contribution >= 0.6 is 0 Å². The maximum absolute atomic E-state index is 12.7. The fourth-order valence-electron chi connectivity index (χ4n) is 6.95. The van der Waals surface area contributed by atoms with Crippen LogP contribution in [0.3, 0.4) is 0 Å². The van der Waals surface area contributed by atoms with E-state index in [0.29, 0.717) is 6.42 Å². The summed E-state index contributed by atoms with van der Waals surface area (Å²) in [5.74, 6) is -0.798. The Labute approximate surface area is 323 Å². The van der Waals surface area contributed by atoms with Crippen molar-refractivity contribution in [1.82, 2.24) is 0 Å². The van der Waals surface area contributed by atoms with Crippen molar-refractivity contribution in [3.05, 3.63) is 0 Å². The van der Waals surface area contributed by atoms with Crippen LogP contribution in [-0.4, -0.2) is 89.0 Å². The summed E-state index contributed by atoms with van der Waals surface area (Å²) in [4.78, 5) is 25.2. The van der Waals surface area contributed by atoms with Crippen LogP contribution in [0.4, 0.5) is 0 Å². The Morgan fingerprint density at radius 2 is 0.887 bits per heavy atom. The van der Waals surface area contributed by atoms with Crippen molar-refractivity contribution in [3.8, 4) is 0 Å². The molecule has 53 heavy (non-hydrogen) atoms. The minimum absolute atomic E-state index is 0.210. The number of ether oxygens (including phenoxy) is 4. The average molecular weight is 759 g/mol. The second-order valence-corrected chi connectivity index (χ2v) is 15.5. The second-order valence-electron chi connectivity index (χ2n) is 15.5. The molecule has 10 heteroatoms. The Kier molecular flexibility index (Phi) is 33.0. The van der Waals surface area contributed by atoms with Gasteiger partial charge < -0.3 is 39.4 Å². The van der Waals surface area contributed by atoms with Gasteiger partial charge in [-0.25, -0.2) is 0 Å². The SMILES string of the molecule is CCCCCCCCCCCCCCCCCCCCCCC(=O)OC(COC(=O)CCCCCCCCCC)COC1OC(CO)C(O)C(O)C1O. The Hall–Kier alpha value is -1.30. The second kappa shape index (κ2) is 35.1. The quantitative estimate of drug-likeness (QED) is 0.0357. The van der Waals surface area contributed by atoms with Gasteiger partial charge in [-0.15, -0.1) is 0 Å². The molecule has 1 aliphatic heterocycles. The van der Waals surface area contributed by atoms with Crippen LogP contribution in [0, 0.1) is 0 Å². The van der Waals surface area contributed by atoms with Crippen molar-refractivity contribution in [2.75, 3.05) is 19.8 Å². The highest BCUT2D eigenvalue weighted by Gasteiger charge is 2.44. The minimum Gasteiger partial charge on any atom is -0.462 e. The van der Waals surface area contributed by atoms with E-state index in [9.17, 15) is 30.0 Å². The molecule has 1 heterocycles. The van der Waals surface area contributed by atoms with Gasteiger partial charge in [-0.05, 0) is 12.8 Å². The molecule has 0 spiro atoms. The van der Waals surface area contributed by atoms with E-state index in [1.54, 1.807) is 0 Å². The Bertz CT molecular complexity index is 840. The van der Waals surface area contributed by atoms with E-state index in [2.05, 4.69) is 13.8 Å². The van der Waals surface area contributed by atoms with Crippen molar-refractivity contribution in [2.24, 2.45) is 0 Å². The zero-order valence-corrected chi connectivity index (χ0v) is 34.0.